The number of hydrogen-bond donors (Lipinski definition) is 4. The second-order valence-corrected chi connectivity index (χ2v) is 13.0. The molecule has 1 fully saturated rings. The zero-order valence-electron chi connectivity index (χ0n) is 29.4. The first-order chi connectivity index (χ1) is 25.8. The maximum Gasteiger partial charge on any atom is 0.256 e. The minimum Gasteiger partial charge on any atom is -0.397 e. The van der Waals surface area contributed by atoms with E-state index in [1.807, 2.05) is 97.1 Å². The summed E-state index contributed by atoms with van der Waals surface area (Å²) in [6.07, 6.45) is 6.05. The summed E-state index contributed by atoms with van der Waals surface area (Å²) < 4.78 is 0. The summed E-state index contributed by atoms with van der Waals surface area (Å²) in [6, 6.07) is 38.9. The fourth-order valence-corrected chi connectivity index (χ4v) is 6.48. The summed E-state index contributed by atoms with van der Waals surface area (Å²) in [5.74, 6) is -0.0918. The quantitative estimate of drug-likeness (QED) is 0.104. The number of carbonyl (C=O) groups is 3. The summed E-state index contributed by atoms with van der Waals surface area (Å²) in [6.45, 7) is 4.43. The van der Waals surface area contributed by atoms with Gasteiger partial charge in [0.1, 0.15) is 0 Å². The van der Waals surface area contributed by atoms with Gasteiger partial charge < -0.3 is 21.1 Å². The van der Waals surface area contributed by atoms with E-state index in [1.54, 1.807) is 19.1 Å². The first-order valence-electron chi connectivity index (χ1n) is 17.5. The summed E-state index contributed by atoms with van der Waals surface area (Å²) in [5, 5.41) is 17.5. The molecule has 2 amide bonds. The van der Waals surface area contributed by atoms with Crippen LogP contribution in [0.1, 0.15) is 54.2 Å². The second kappa shape index (κ2) is 20.8. The molecule has 0 unspecified atom stereocenters. The van der Waals surface area contributed by atoms with Crippen molar-refractivity contribution in [3.05, 3.63) is 154 Å². The third-order valence-electron chi connectivity index (χ3n) is 8.54. The molecule has 0 saturated carbocycles. The fraction of sp³-hybridized carbons (Fsp3) is 0.178. The Morgan fingerprint density at radius 3 is 1.76 bits per heavy atom. The molecule has 4 N–H and O–H groups in total. The van der Waals surface area contributed by atoms with Crippen molar-refractivity contribution >= 4 is 64.3 Å². The molecule has 7 aliphatic rings. The molecule has 54 heavy (non-hydrogen) atoms. The van der Waals surface area contributed by atoms with Crippen molar-refractivity contribution in [2.75, 3.05) is 30.3 Å². The number of aliphatic hydroxyl groups is 1. The molecule has 0 bridgehead atoms. The normalized spacial score (nSPS) is 13.9. The first-order valence-corrected chi connectivity index (χ1v) is 18.2. The van der Waals surface area contributed by atoms with Crippen LogP contribution >= 0.6 is 23.2 Å². The van der Waals surface area contributed by atoms with Crippen LogP contribution < -0.4 is 16.0 Å². The van der Waals surface area contributed by atoms with E-state index in [0.29, 0.717) is 27.7 Å². The van der Waals surface area contributed by atoms with Gasteiger partial charge in [0.05, 0.1) is 27.8 Å². The lowest BCUT2D eigenvalue weighted by molar-refractivity contribution is -0.115. The zero-order valence-corrected chi connectivity index (χ0v) is 30.9. The smallest absolute Gasteiger partial charge is 0.256 e. The van der Waals surface area contributed by atoms with E-state index >= 15 is 0 Å². The van der Waals surface area contributed by atoms with Crippen molar-refractivity contribution in [3.8, 4) is 22.3 Å². The van der Waals surface area contributed by atoms with Gasteiger partial charge in [0.25, 0.3) is 5.91 Å². The molecular weight excluding hydrogens is 717 g/mol. The van der Waals surface area contributed by atoms with Crippen LogP contribution in [0.4, 0.5) is 11.4 Å². The molecule has 0 aromatic heterocycles. The van der Waals surface area contributed by atoms with Gasteiger partial charge in [-0.1, -0.05) is 140 Å². The van der Waals surface area contributed by atoms with E-state index in [4.69, 9.17) is 28.3 Å². The molecule has 0 atom stereocenters. The lowest BCUT2D eigenvalue weighted by Crippen LogP contribution is -2.03. The maximum absolute atomic E-state index is 12.3. The molecule has 2 aromatic rings. The van der Waals surface area contributed by atoms with E-state index in [0.717, 1.165) is 56.5 Å². The van der Waals surface area contributed by atoms with Crippen LogP contribution in [-0.4, -0.2) is 42.9 Å². The SMILES string of the molecule is C.C1CCNC1.CCO.O=C1Cc2cccc(Cl)c2N1.O=C1Nc2c(Cl)cccc2/C1=C/c1ccc2cccccc1-2.O=Cc1ccc2cccccc1-2. The number of hydrogen-bond acceptors (Lipinski definition) is 5. The third-order valence-corrected chi connectivity index (χ3v) is 9.17. The minimum atomic E-state index is -0.113. The Morgan fingerprint density at radius 1 is 0.648 bits per heavy atom. The molecular formula is C45H45Cl2N3O4. The standard InChI is InChI=1S/C19H12ClNO.C11H8O.C8H6ClNO.C4H9N.C2H6O.CH4/c20-17-8-4-7-15-16(19(22)21-18(15)17)11-13-10-9-12-5-2-1-3-6-14(12)13;12-8-10-7-6-9-4-2-1-3-5-11(9)10;9-6-3-1-2-5-4-7(11)10-8(5)6;1-2-4-5-3-1;1-2-3;/h1-11H,(H,21,22);1-8H;1-3H,4H2,(H,10,11);5H,1-4H2;3H,2H2,1H3;1H4/b16-11-;;;;;. The number of benzene rings is 2. The Morgan fingerprint density at radius 2 is 1.19 bits per heavy atom. The monoisotopic (exact) mass is 761 g/mol. The van der Waals surface area contributed by atoms with E-state index in [9.17, 15) is 14.4 Å². The number of aldehydes is 1. The molecule has 7 nitrogen and oxygen atoms in total. The van der Waals surface area contributed by atoms with E-state index in [-0.39, 0.29) is 25.8 Å². The van der Waals surface area contributed by atoms with Gasteiger partial charge in [-0.05, 0) is 84.4 Å². The number of rotatable bonds is 2. The zero-order chi connectivity index (χ0) is 37.6. The Kier molecular flexibility index (Phi) is 16.0. The van der Waals surface area contributed by atoms with Gasteiger partial charge in [0.2, 0.25) is 5.91 Å². The maximum atomic E-state index is 12.3. The average molecular weight is 763 g/mol. The highest BCUT2D eigenvalue weighted by molar-refractivity contribution is 6.41. The molecule has 278 valence electrons. The largest absolute Gasteiger partial charge is 0.397 e. The number of carbonyl (C=O) groups excluding carboxylic acids is 3. The van der Waals surface area contributed by atoms with Gasteiger partial charge in [0, 0.05) is 23.3 Å². The van der Waals surface area contributed by atoms with Gasteiger partial charge in [-0.3, -0.25) is 14.4 Å². The number of halogens is 2. The minimum absolute atomic E-state index is 0. The van der Waals surface area contributed by atoms with Gasteiger partial charge in [-0.2, -0.15) is 0 Å². The Bertz CT molecular complexity index is 2140. The van der Waals surface area contributed by atoms with Crippen molar-refractivity contribution in [3.63, 3.8) is 0 Å². The number of amides is 2. The van der Waals surface area contributed by atoms with Gasteiger partial charge in [-0.25, -0.2) is 0 Å². The first kappa shape index (κ1) is 41.4. The summed E-state index contributed by atoms with van der Waals surface area (Å²) in [7, 11) is 0. The average Bonchev–Trinajstić information content (AvgIpc) is 3.99. The van der Waals surface area contributed by atoms with Crippen molar-refractivity contribution in [1.29, 1.82) is 0 Å². The highest BCUT2D eigenvalue weighted by atomic mass is 35.5. The van der Waals surface area contributed by atoms with Gasteiger partial charge in [-0.15, -0.1) is 0 Å². The highest BCUT2D eigenvalue weighted by Gasteiger charge is 2.26. The highest BCUT2D eigenvalue weighted by Crippen LogP contribution is 2.39. The summed E-state index contributed by atoms with van der Waals surface area (Å²) in [4.78, 5) is 33.7. The van der Waals surface area contributed by atoms with Gasteiger partial charge in [0.15, 0.2) is 6.29 Å². The van der Waals surface area contributed by atoms with Crippen molar-refractivity contribution in [1.82, 2.24) is 5.32 Å². The molecule has 1 saturated heterocycles. The molecule has 2 aromatic carbocycles. The number of nitrogens with one attached hydrogen (secondary N) is 3. The molecule has 0 spiro atoms. The summed E-state index contributed by atoms with van der Waals surface area (Å²) in [5.41, 5.74) is 10.2. The van der Waals surface area contributed by atoms with Crippen LogP contribution in [0.5, 0.6) is 0 Å². The fourth-order valence-electron chi connectivity index (χ4n) is 6.02. The van der Waals surface area contributed by atoms with Crippen LogP contribution in [0.2, 0.25) is 10.0 Å². The lowest BCUT2D eigenvalue weighted by Gasteiger charge is -2.00. The molecule has 3 aliphatic heterocycles. The van der Waals surface area contributed by atoms with Crippen LogP contribution in [0, 0.1) is 0 Å². The van der Waals surface area contributed by atoms with Crippen molar-refractivity contribution < 1.29 is 19.5 Å². The Labute approximate surface area is 327 Å². The van der Waals surface area contributed by atoms with Crippen LogP contribution in [-0.2, 0) is 16.0 Å². The number of anilines is 2. The van der Waals surface area contributed by atoms with E-state index in [2.05, 4.69) is 34.1 Å². The Hall–Kier alpha value is -5.31. The number of aliphatic hydroxyl groups excluding tert-OH is 1. The Balaban J connectivity index is 0.000000172. The molecule has 3 heterocycles. The number of fused-ring (bicyclic) bond motifs is 4. The molecule has 4 aliphatic carbocycles. The predicted octanol–water partition coefficient (Wildman–Crippen LogP) is 10.4. The molecule has 9 heteroatoms. The van der Waals surface area contributed by atoms with E-state index in [1.165, 1.54) is 25.9 Å². The second-order valence-electron chi connectivity index (χ2n) is 12.2. The lowest BCUT2D eigenvalue weighted by atomic mass is 10.0. The summed E-state index contributed by atoms with van der Waals surface area (Å²) >= 11 is 12.0. The number of para-hydroxylation sites is 2. The van der Waals surface area contributed by atoms with Crippen LogP contribution in [0.3, 0.4) is 0 Å². The third kappa shape index (κ3) is 10.6. The van der Waals surface area contributed by atoms with Crippen LogP contribution in [0.15, 0.2) is 121 Å². The van der Waals surface area contributed by atoms with E-state index < -0.39 is 0 Å². The van der Waals surface area contributed by atoms with Gasteiger partial charge >= 0.3 is 0 Å². The van der Waals surface area contributed by atoms with Crippen molar-refractivity contribution in [2.45, 2.75) is 33.6 Å². The predicted molar refractivity (Wildman–Crippen MR) is 225 cm³/mol. The van der Waals surface area contributed by atoms with Crippen LogP contribution in [0.25, 0.3) is 33.9 Å². The van der Waals surface area contributed by atoms with Crippen molar-refractivity contribution in [2.24, 2.45) is 0 Å². The molecule has 0 radical (unpaired) electrons. The topological polar surface area (TPSA) is 108 Å². The molecule has 9 rings (SSSR count).